The minimum absolute atomic E-state index is 0. The van der Waals surface area contributed by atoms with E-state index in [1.54, 1.807) is 23.1 Å². The molecule has 1 N–H and O–H groups in total. The van der Waals surface area contributed by atoms with Crippen LogP contribution in [0, 0.1) is 0 Å². The number of anilines is 1. The average Bonchev–Trinajstić information content (AvgIpc) is 2.87. The Hall–Kier alpha value is -3.30. The van der Waals surface area contributed by atoms with Crippen LogP contribution in [0.3, 0.4) is 0 Å². The molecule has 0 bridgehead atoms. The van der Waals surface area contributed by atoms with Crippen LogP contribution in [0.4, 0.5) is 5.69 Å². The van der Waals surface area contributed by atoms with Crippen LogP contribution in [0.1, 0.15) is 32.7 Å². The molecule has 2 amide bonds. The Bertz CT molecular complexity index is 1090. The lowest BCUT2D eigenvalue weighted by Crippen LogP contribution is -2.50. The molecule has 2 aliphatic rings. The molecule has 0 spiro atoms. The average molecular weight is 504 g/mol. The molecule has 1 fully saturated rings. The number of ketones is 1. The number of halogens is 1. The number of hydrogen-bond acceptors (Lipinski definition) is 7. The maximum atomic E-state index is 13.1. The van der Waals surface area contributed by atoms with Crippen molar-refractivity contribution in [2.24, 2.45) is 0 Å². The van der Waals surface area contributed by atoms with Crippen LogP contribution in [0.15, 0.2) is 30.3 Å². The van der Waals surface area contributed by atoms with Gasteiger partial charge in [-0.15, -0.1) is 12.4 Å². The summed E-state index contributed by atoms with van der Waals surface area (Å²) in [5.74, 6) is 1.17. The fourth-order valence-electron chi connectivity index (χ4n) is 4.47. The highest BCUT2D eigenvalue weighted by molar-refractivity contribution is 6.03. The summed E-state index contributed by atoms with van der Waals surface area (Å²) < 4.78 is 16.1. The Morgan fingerprint density at radius 1 is 0.943 bits per heavy atom. The molecule has 2 aromatic rings. The molecule has 0 atom stereocenters. The molecule has 4 rings (SSSR count). The Kier molecular flexibility index (Phi) is 8.58. The number of hydrogen-bond donors (Lipinski definition) is 1. The standard InChI is InChI=1S/C25H29N3O6.ClH/c1-32-21-13-16(14-22(33-2)24(21)34-3)25(31)28-11-9-27(10-12-28)15-20(29)18-5-4-6-19-17(18)7-8-23(30)26-19;/h4-6,13-14H,7-12,15H2,1-3H3,(H,26,30);1H. The summed E-state index contributed by atoms with van der Waals surface area (Å²) in [5.41, 5.74) is 2.75. The first-order valence-electron chi connectivity index (χ1n) is 11.2. The summed E-state index contributed by atoms with van der Waals surface area (Å²) in [7, 11) is 4.54. The van der Waals surface area contributed by atoms with Crippen molar-refractivity contribution in [3.8, 4) is 17.2 Å². The van der Waals surface area contributed by atoms with Gasteiger partial charge in [-0.25, -0.2) is 0 Å². The fourth-order valence-corrected chi connectivity index (χ4v) is 4.47. The van der Waals surface area contributed by atoms with Crippen molar-refractivity contribution in [2.45, 2.75) is 12.8 Å². The van der Waals surface area contributed by atoms with Gasteiger partial charge in [0.2, 0.25) is 11.7 Å². The van der Waals surface area contributed by atoms with Crippen LogP contribution in [0.5, 0.6) is 17.2 Å². The number of Topliss-reactive ketones (excluding diaryl/α,β-unsaturated/α-hetero) is 1. The van der Waals surface area contributed by atoms with E-state index in [4.69, 9.17) is 14.2 Å². The van der Waals surface area contributed by atoms with Gasteiger partial charge in [-0.2, -0.15) is 0 Å². The van der Waals surface area contributed by atoms with E-state index in [9.17, 15) is 14.4 Å². The number of nitrogens with zero attached hydrogens (tertiary/aromatic N) is 2. The molecule has 0 aromatic heterocycles. The quantitative estimate of drug-likeness (QED) is 0.580. The van der Waals surface area contributed by atoms with E-state index in [1.807, 2.05) is 12.1 Å². The topological polar surface area (TPSA) is 97.4 Å². The first kappa shape index (κ1) is 26.3. The summed E-state index contributed by atoms with van der Waals surface area (Å²) in [6, 6.07) is 8.75. The van der Waals surface area contributed by atoms with Crippen molar-refractivity contribution >= 4 is 35.7 Å². The second kappa shape index (κ2) is 11.4. The predicted molar refractivity (Wildman–Crippen MR) is 133 cm³/mol. The number of benzene rings is 2. The lowest BCUT2D eigenvalue weighted by Gasteiger charge is -2.34. The SMILES string of the molecule is COc1cc(C(=O)N2CCN(CC(=O)c3cccc4c3CCC(=O)N4)CC2)cc(OC)c1OC.Cl. The van der Waals surface area contributed by atoms with Crippen LogP contribution in [-0.4, -0.2) is 81.5 Å². The van der Waals surface area contributed by atoms with Gasteiger partial charge in [0.15, 0.2) is 17.3 Å². The lowest BCUT2D eigenvalue weighted by molar-refractivity contribution is -0.116. The van der Waals surface area contributed by atoms with Gasteiger partial charge in [0.05, 0.1) is 27.9 Å². The molecule has 2 aromatic carbocycles. The van der Waals surface area contributed by atoms with Crippen molar-refractivity contribution in [3.05, 3.63) is 47.0 Å². The predicted octanol–water partition coefficient (Wildman–Crippen LogP) is 2.66. The molecule has 2 heterocycles. The molecule has 35 heavy (non-hydrogen) atoms. The number of amides is 2. The molecule has 0 unspecified atom stereocenters. The molecule has 0 saturated carbocycles. The first-order valence-corrected chi connectivity index (χ1v) is 11.2. The second-order valence-electron chi connectivity index (χ2n) is 8.29. The highest BCUT2D eigenvalue weighted by atomic mass is 35.5. The molecule has 0 aliphatic carbocycles. The van der Waals surface area contributed by atoms with E-state index in [-0.39, 0.29) is 36.5 Å². The Morgan fingerprint density at radius 2 is 1.60 bits per heavy atom. The van der Waals surface area contributed by atoms with E-state index in [0.717, 1.165) is 11.3 Å². The van der Waals surface area contributed by atoms with Gasteiger partial charge in [-0.1, -0.05) is 12.1 Å². The van der Waals surface area contributed by atoms with Crippen molar-refractivity contribution in [2.75, 3.05) is 59.4 Å². The Morgan fingerprint density at radius 3 is 2.20 bits per heavy atom. The smallest absolute Gasteiger partial charge is 0.254 e. The molecule has 188 valence electrons. The van der Waals surface area contributed by atoms with E-state index in [2.05, 4.69) is 10.2 Å². The summed E-state index contributed by atoms with van der Waals surface area (Å²) in [4.78, 5) is 41.6. The summed E-state index contributed by atoms with van der Waals surface area (Å²) in [6.45, 7) is 2.47. The molecular weight excluding hydrogens is 474 g/mol. The van der Waals surface area contributed by atoms with Crippen LogP contribution in [0.25, 0.3) is 0 Å². The summed E-state index contributed by atoms with van der Waals surface area (Å²) in [5, 5.41) is 2.84. The maximum absolute atomic E-state index is 13.1. The third-order valence-corrected chi connectivity index (χ3v) is 6.29. The van der Waals surface area contributed by atoms with Crippen molar-refractivity contribution in [1.82, 2.24) is 9.80 Å². The van der Waals surface area contributed by atoms with Gasteiger partial charge >= 0.3 is 0 Å². The van der Waals surface area contributed by atoms with E-state index in [0.29, 0.717) is 67.4 Å². The zero-order valence-electron chi connectivity index (χ0n) is 20.1. The number of fused-ring (bicyclic) bond motifs is 1. The number of rotatable bonds is 7. The second-order valence-corrected chi connectivity index (χ2v) is 8.29. The molecule has 9 nitrogen and oxygen atoms in total. The maximum Gasteiger partial charge on any atom is 0.254 e. The highest BCUT2D eigenvalue weighted by Gasteiger charge is 2.27. The molecule has 10 heteroatoms. The number of carbonyl (C=O) groups is 3. The molecule has 0 radical (unpaired) electrons. The van der Waals surface area contributed by atoms with Gasteiger partial charge in [-0.05, 0) is 30.2 Å². The highest BCUT2D eigenvalue weighted by Crippen LogP contribution is 2.38. The lowest BCUT2D eigenvalue weighted by atomic mass is 9.94. The van der Waals surface area contributed by atoms with Gasteiger partial charge in [-0.3, -0.25) is 19.3 Å². The monoisotopic (exact) mass is 503 g/mol. The minimum Gasteiger partial charge on any atom is -0.493 e. The molecular formula is C25H30ClN3O6. The molecule has 1 saturated heterocycles. The summed E-state index contributed by atoms with van der Waals surface area (Å²) >= 11 is 0. The third-order valence-electron chi connectivity index (χ3n) is 6.29. The van der Waals surface area contributed by atoms with Gasteiger partial charge < -0.3 is 24.4 Å². The van der Waals surface area contributed by atoms with Crippen molar-refractivity contribution in [1.29, 1.82) is 0 Å². The van der Waals surface area contributed by atoms with Gasteiger partial charge in [0.25, 0.3) is 5.91 Å². The minimum atomic E-state index is -0.127. The third kappa shape index (κ3) is 5.52. The zero-order chi connectivity index (χ0) is 24.2. The van der Waals surface area contributed by atoms with E-state index < -0.39 is 0 Å². The van der Waals surface area contributed by atoms with Crippen molar-refractivity contribution in [3.63, 3.8) is 0 Å². The van der Waals surface area contributed by atoms with Crippen LogP contribution in [0.2, 0.25) is 0 Å². The first-order chi connectivity index (χ1) is 16.4. The Labute approximate surface area is 210 Å². The zero-order valence-corrected chi connectivity index (χ0v) is 20.9. The van der Waals surface area contributed by atoms with E-state index >= 15 is 0 Å². The van der Waals surface area contributed by atoms with Crippen LogP contribution < -0.4 is 19.5 Å². The normalized spacial score (nSPS) is 15.4. The largest absolute Gasteiger partial charge is 0.493 e. The van der Waals surface area contributed by atoms with E-state index in [1.165, 1.54) is 21.3 Å². The molecule has 2 aliphatic heterocycles. The fraction of sp³-hybridized carbons (Fsp3) is 0.400. The number of piperazine rings is 1. The van der Waals surface area contributed by atoms with Crippen LogP contribution in [-0.2, 0) is 11.2 Å². The number of carbonyl (C=O) groups excluding carboxylic acids is 3. The van der Waals surface area contributed by atoms with Gasteiger partial charge in [0, 0.05) is 49.4 Å². The van der Waals surface area contributed by atoms with Gasteiger partial charge in [0.1, 0.15) is 0 Å². The van der Waals surface area contributed by atoms with Crippen LogP contribution >= 0.6 is 12.4 Å². The summed E-state index contributed by atoms with van der Waals surface area (Å²) in [6.07, 6.45) is 0.957. The van der Waals surface area contributed by atoms with Crippen molar-refractivity contribution < 1.29 is 28.6 Å². The number of nitrogens with one attached hydrogen (secondary N) is 1. The number of methoxy groups -OCH3 is 3. The Balaban J connectivity index is 0.00000342. The number of ether oxygens (including phenoxy) is 3.